The first-order chi connectivity index (χ1) is 5.69. The summed E-state index contributed by atoms with van der Waals surface area (Å²) in [5.41, 5.74) is 0. The zero-order chi connectivity index (χ0) is 9.03. The van der Waals surface area contributed by atoms with Crippen LogP contribution in [-0.2, 0) is 9.53 Å². The van der Waals surface area contributed by atoms with Gasteiger partial charge in [-0.1, -0.05) is 41.6 Å². The van der Waals surface area contributed by atoms with E-state index in [-0.39, 0.29) is 10.3 Å². The van der Waals surface area contributed by atoms with Crippen molar-refractivity contribution in [3.05, 3.63) is 0 Å². The predicted octanol–water partition coefficient (Wildman–Crippen LogP) is 2.65. The van der Waals surface area contributed by atoms with E-state index < -0.39 is 0 Å². The van der Waals surface area contributed by atoms with Gasteiger partial charge in [0, 0.05) is 0 Å². The zero-order valence-electron chi connectivity index (χ0n) is 7.44. The first kappa shape index (κ1) is 10.0. The van der Waals surface area contributed by atoms with Crippen LogP contribution >= 0.6 is 15.9 Å². The third-order valence-electron chi connectivity index (χ3n) is 2.45. The molecule has 0 amide bonds. The minimum absolute atomic E-state index is 0.107. The van der Waals surface area contributed by atoms with Crippen molar-refractivity contribution < 1.29 is 9.53 Å². The van der Waals surface area contributed by atoms with Crippen LogP contribution in [0.15, 0.2) is 0 Å². The lowest BCUT2D eigenvalue weighted by atomic mass is 10.0. The molecule has 2 nitrogen and oxygen atoms in total. The average Bonchev–Trinajstić information content (AvgIpc) is 2.29. The summed E-state index contributed by atoms with van der Waals surface area (Å²) in [5.74, 6) is -0.107. The van der Waals surface area contributed by atoms with E-state index >= 15 is 0 Å². The van der Waals surface area contributed by atoms with E-state index in [0.29, 0.717) is 0 Å². The molecular weight excluding hydrogens is 220 g/mol. The van der Waals surface area contributed by atoms with Gasteiger partial charge in [0.2, 0.25) is 0 Å². The Balaban J connectivity index is 2.59. The molecular formula is C9H15BrO2. The molecule has 0 aromatic heterocycles. The third-order valence-corrected chi connectivity index (χ3v) is 3.56. The van der Waals surface area contributed by atoms with Crippen LogP contribution in [0.4, 0.5) is 0 Å². The number of hydrogen-bond donors (Lipinski definition) is 0. The normalized spacial score (nSPS) is 22.8. The van der Waals surface area contributed by atoms with E-state index in [2.05, 4.69) is 15.9 Å². The van der Waals surface area contributed by atoms with E-state index in [0.717, 1.165) is 25.7 Å². The van der Waals surface area contributed by atoms with Gasteiger partial charge < -0.3 is 4.74 Å². The molecule has 12 heavy (non-hydrogen) atoms. The Kier molecular flexibility index (Phi) is 3.56. The van der Waals surface area contributed by atoms with Crippen molar-refractivity contribution in [3.63, 3.8) is 0 Å². The average molecular weight is 235 g/mol. The monoisotopic (exact) mass is 234 g/mol. The van der Waals surface area contributed by atoms with Crippen LogP contribution < -0.4 is 0 Å². The summed E-state index contributed by atoms with van der Waals surface area (Å²) in [5, 5.41) is 0. The second kappa shape index (κ2) is 4.26. The highest BCUT2D eigenvalue weighted by Crippen LogP contribution is 2.35. The Morgan fingerprint density at radius 2 is 1.75 bits per heavy atom. The first-order valence-electron chi connectivity index (χ1n) is 4.46. The molecule has 0 unspecified atom stereocenters. The van der Waals surface area contributed by atoms with Gasteiger partial charge >= 0.3 is 5.97 Å². The number of carbonyl (C=O) groups excluding carboxylic acids is 1. The molecule has 0 saturated heterocycles. The highest BCUT2D eigenvalue weighted by atomic mass is 79.9. The van der Waals surface area contributed by atoms with Gasteiger partial charge in [0.15, 0.2) is 0 Å². The summed E-state index contributed by atoms with van der Waals surface area (Å²) in [7, 11) is 1.45. The Hall–Kier alpha value is -0.0500. The van der Waals surface area contributed by atoms with Crippen LogP contribution in [0.5, 0.6) is 0 Å². The highest BCUT2D eigenvalue weighted by molar-refractivity contribution is 9.10. The third kappa shape index (κ3) is 2.22. The van der Waals surface area contributed by atoms with Crippen molar-refractivity contribution in [2.45, 2.75) is 42.8 Å². The molecule has 1 aliphatic rings. The minimum Gasteiger partial charge on any atom is -0.468 e. The number of rotatable bonds is 1. The van der Waals surface area contributed by atoms with E-state index in [1.807, 2.05) is 0 Å². The van der Waals surface area contributed by atoms with Crippen LogP contribution in [0.1, 0.15) is 38.5 Å². The summed E-state index contributed by atoms with van der Waals surface area (Å²) >= 11 is 3.50. The van der Waals surface area contributed by atoms with Crippen molar-refractivity contribution >= 4 is 21.9 Å². The minimum atomic E-state index is -0.377. The van der Waals surface area contributed by atoms with Gasteiger partial charge in [-0.15, -0.1) is 0 Å². The van der Waals surface area contributed by atoms with Crippen molar-refractivity contribution in [2.24, 2.45) is 0 Å². The number of carbonyl (C=O) groups is 1. The lowest BCUT2D eigenvalue weighted by Gasteiger charge is -2.21. The molecule has 0 spiro atoms. The summed E-state index contributed by atoms with van der Waals surface area (Å²) in [6.07, 6.45) is 6.56. The van der Waals surface area contributed by atoms with Gasteiger partial charge in [-0.05, 0) is 12.8 Å². The molecule has 0 radical (unpaired) electrons. The molecule has 0 aliphatic heterocycles. The van der Waals surface area contributed by atoms with Gasteiger partial charge in [0.05, 0.1) is 7.11 Å². The Labute approximate surface area is 81.8 Å². The summed E-state index contributed by atoms with van der Waals surface area (Å²) in [6, 6.07) is 0. The maximum Gasteiger partial charge on any atom is 0.322 e. The fraction of sp³-hybridized carbons (Fsp3) is 0.889. The van der Waals surface area contributed by atoms with E-state index in [1.165, 1.54) is 20.0 Å². The molecule has 0 aromatic carbocycles. The lowest BCUT2D eigenvalue weighted by molar-refractivity contribution is -0.143. The Morgan fingerprint density at radius 3 is 2.17 bits per heavy atom. The molecule has 70 valence electrons. The number of methoxy groups -OCH3 is 1. The lowest BCUT2D eigenvalue weighted by Crippen LogP contribution is -2.32. The van der Waals surface area contributed by atoms with Gasteiger partial charge in [-0.2, -0.15) is 0 Å². The molecule has 0 bridgehead atoms. The van der Waals surface area contributed by atoms with Gasteiger partial charge in [0.1, 0.15) is 4.32 Å². The van der Waals surface area contributed by atoms with Gasteiger partial charge in [-0.3, -0.25) is 4.79 Å². The van der Waals surface area contributed by atoms with E-state index in [4.69, 9.17) is 4.74 Å². The van der Waals surface area contributed by atoms with Crippen molar-refractivity contribution in [2.75, 3.05) is 7.11 Å². The largest absolute Gasteiger partial charge is 0.468 e. The number of halogens is 1. The number of hydrogen-bond acceptors (Lipinski definition) is 2. The quantitative estimate of drug-likeness (QED) is 0.396. The van der Waals surface area contributed by atoms with Crippen molar-refractivity contribution in [1.82, 2.24) is 0 Å². The van der Waals surface area contributed by atoms with Crippen LogP contribution in [0.3, 0.4) is 0 Å². The van der Waals surface area contributed by atoms with E-state index in [9.17, 15) is 4.79 Å². The van der Waals surface area contributed by atoms with Crippen molar-refractivity contribution in [1.29, 1.82) is 0 Å². The second-order valence-electron chi connectivity index (χ2n) is 3.37. The zero-order valence-corrected chi connectivity index (χ0v) is 9.02. The maximum absolute atomic E-state index is 11.4. The van der Waals surface area contributed by atoms with E-state index in [1.54, 1.807) is 0 Å². The number of ether oxygens (including phenoxy) is 1. The fourth-order valence-electron chi connectivity index (χ4n) is 1.68. The number of esters is 1. The van der Waals surface area contributed by atoms with Crippen molar-refractivity contribution in [3.8, 4) is 0 Å². The molecule has 0 heterocycles. The molecule has 1 aliphatic carbocycles. The molecule has 1 fully saturated rings. The van der Waals surface area contributed by atoms with Gasteiger partial charge in [0.25, 0.3) is 0 Å². The Morgan fingerprint density at radius 1 is 1.25 bits per heavy atom. The standard InChI is InChI=1S/C9H15BrO2/c1-12-8(11)9(10)6-4-2-3-5-7-9/h2-7H2,1H3. The second-order valence-corrected chi connectivity index (χ2v) is 4.89. The topological polar surface area (TPSA) is 26.3 Å². The first-order valence-corrected chi connectivity index (χ1v) is 5.26. The Bertz CT molecular complexity index is 160. The fourth-order valence-corrected chi connectivity index (χ4v) is 2.40. The summed E-state index contributed by atoms with van der Waals surface area (Å²) < 4.78 is 4.39. The van der Waals surface area contributed by atoms with Crippen LogP contribution in [0, 0.1) is 0 Å². The smallest absolute Gasteiger partial charge is 0.322 e. The maximum atomic E-state index is 11.4. The molecule has 0 atom stereocenters. The summed E-state index contributed by atoms with van der Waals surface area (Å²) in [6.45, 7) is 0. The molecule has 3 heteroatoms. The molecule has 0 aromatic rings. The summed E-state index contributed by atoms with van der Waals surface area (Å²) in [4.78, 5) is 11.4. The predicted molar refractivity (Wildman–Crippen MR) is 51.4 cm³/mol. The van der Waals surface area contributed by atoms with Crippen LogP contribution in [0.25, 0.3) is 0 Å². The van der Waals surface area contributed by atoms with Crippen LogP contribution in [0.2, 0.25) is 0 Å². The van der Waals surface area contributed by atoms with Crippen LogP contribution in [-0.4, -0.2) is 17.4 Å². The molecule has 0 N–H and O–H groups in total. The molecule has 1 rings (SSSR count). The molecule has 1 saturated carbocycles. The number of alkyl halides is 1. The highest BCUT2D eigenvalue weighted by Gasteiger charge is 2.36. The SMILES string of the molecule is COC(=O)C1(Br)CCCCCC1. The van der Waals surface area contributed by atoms with Gasteiger partial charge in [-0.25, -0.2) is 0 Å².